The molecule has 0 fully saturated rings. The van der Waals surface area contributed by atoms with Crippen LogP contribution in [0.25, 0.3) is 0 Å². The number of benzene rings is 2. The van der Waals surface area contributed by atoms with Crippen molar-refractivity contribution in [2.24, 2.45) is 0 Å². The average Bonchev–Trinajstić information content (AvgIpc) is 2.52. The number of rotatable bonds is 7. The van der Waals surface area contributed by atoms with Crippen LogP contribution in [0, 0.1) is 5.82 Å². The molecule has 2 aromatic carbocycles. The molecule has 0 saturated carbocycles. The van der Waals surface area contributed by atoms with E-state index in [2.05, 4.69) is 0 Å². The van der Waals surface area contributed by atoms with Crippen LogP contribution < -0.4 is 13.8 Å². The highest BCUT2D eigenvalue weighted by molar-refractivity contribution is 7.92. The summed E-state index contributed by atoms with van der Waals surface area (Å²) in [4.78, 5) is 0. The molecule has 0 aromatic heterocycles. The van der Waals surface area contributed by atoms with Crippen molar-refractivity contribution in [1.82, 2.24) is 0 Å². The van der Waals surface area contributed by atoms with Crippen LogP contribution in [-0.4, -0.2) is 34.9 Å². The fourth-order valence-corrected chi connectivity index (χ4v) is 2.30. The normalized spacial score (nSPS) is 11.1. The Bertz CT molecular complexity index is 730. The molecule has 0 amide bonds. The van der Waals surface area contributed by atoms with Crippen LogP contribution in [0.5, 0.6) is 11.5 Å². The van der Waals surface area contributed by atoms with Crippen LogP contribution in [-0.2, 0) is 10.0 Å². The van der Waals surface area contributed by atoms with Gasteiger partial charge in [-0.2, -0.15) is 0 Å². The van der Waals surface area contributed by atoms with E-state index >= 15 is 0 Å². The molecule has 0 bridgehead atoms. The van der Waals surface area contributed by atoms with Gasteiger partial charge in [0.1, 0.15) is 30.5 Å². The molecule has 0 N–H and O–H groups in total. The maximum atomic E-state index is 12.7. The van der Waals surface area contributed by atoms with E-state index in [0.717, 1.165) is 6.26 Å². The summed E-state index contributed by atoms with van der Waals surface area (Å²) in [6.07, 6.45) is 1.14. The molecule has 0 spiro atoms. The lowest BCUT2D eigenvalue weighted by Crippen LogP contribution is -2.24. The van der Waals surface area contributed by atoms with E-state index in [4.69, 9.17) is 9.47 Å². The first-order chi connectivity index (χ1) is 10.9. The van der Waals surface area contributed by atoms with Crippen molar-refractivity contribution in [2.45, 2.75) is 0 Å². The Morgan fingerprint density at radius 3 is 1.78 bits per heavy atom. The molecule has 7 heteroatoms. The Labute approximate surface area is 135 Å². The average molecular weight is 339 g/mol. The van der Waals surface area contributed by atoms with E-state index in [1.807, 2.05) is 0 Å². The largest absolute Gasteiger partial charge is 0.490 e. The van der Waals surface area contributed by atoms with Crippen LogP contribution in [0.1, 0.15) is 0 Å². The van der Waals surface area contributed by atoms with E-state index in [-0.39, 0.29) is 5.82 Å². The van der Waals surface area contributed by atoms with Crippen LogP contribution in [0.15, 0.2) is 48.5 Å². The van der Waals surface area contributed by atoms with E-state index in [1.54, 1.807) is 36.4 Å². The molecule has 124 valence electrons. The third-order valence-corrected chi connectivity index (χ3v) is 4.34. The molecule has 0 atom stereocenters. The maximum Gasteiger partial charge on any atom is 0.231 e. The minimum absolute atomic E-state index is 0.312. The summed E-state index contributed by atoms with van der Waals surface area (Å²) in [5.74, 6) is 0.867. The number of sulfonamides is 1. The van der Waals surface area contributed by atoms with E-state index < -0.39 is 10.0 Å². The van der Waals surface area contributed by atoms with Gasteiger partial charge in [0, 0.05) is 7.05 Å². The second kappa shape index (κ2) is 7.32. The summed E-state index contributed by atoms with van der Waals surface area (Å²) in [5, 5.41) is 0. The van der Waals surface area contributed by atoms with Gasteiger partial charge in [-0.25, -0.2) is 12.8 Å². The highest BCUT2D eigenvalue weighted by Gasteiger charge is 2.11. The quantitative estimate of drug-likeness (QED) is 0.728. The summed E-state index contributed by atoms with van der Waals surface area (Å²) < 4.78 is 47.7. The predicted molar refractivity (Wildman–Crippen MR) is 87.1 cm³/mol. The van der Waals surface area contributed by atoms with Crippen molar-refractivity contribution < 1.29 is 22.3 Å². The highest BCUT2D eigenvalue weighted by Crippen LogP contribution is 2.20. The fraction of sp³-hybridized carbons (Fsp3) is 0.250. The standard InChI is InChI=1S/C16H18FNO4S/c1-18(23(2,19)20)14-5-9-16(10-6-14)22-12-11-21-15-7-3-13(17)4-8-15/h3-10H,11-12H2,1-2H3. The molecule has 23 heavy (non-hydrogen) atoms. The van der Waals surface area contributed by atoms with E-state index in [9.17, 15) is 12.8 Å². The van der Waals surface area contributed by atoms with E-state index in [0.29, 0.717) is 30.4 Å². The zero-order valence-corrected chi connectivity index (χ0v) is 13.7. The first kappa shape index (κ1) is 17.1. The monoisotopic (exact) mass is 339 g/mol. The molecule has 0 aliphatic rings. The van der Waals surface area contributed by atoms with Gasteiger partial charge in [-0.3, -0.25) is 4.31 Å². The molecular weight excluding hydrogens is 321 g/mol. The second-order valence-corrected chi connectivity index (χ2v) is 6.89. The van der Waals surface area contributed by atoms with Gasteiger partial charge >= 0.3 is 0 Å². The van der Waals surface area contributed by atoms with Gasteiger partial charge in [0.15, 0.2) is 0 Å². The Hall–Kier alpha value is -2.28. The Balaban J connectivity index is 1.81. The van der Waals surface area contributed by atoms with Crippen LogP contribution in [0.4, 0.5) is 10.1 Å². The van der Waals surface area contributed by atoms with Crippen molar-refractivity contribution in [1.29, 1.82) is 0 Å². The second-order valence-electron chi connectivity index (χ2n) is 4.88. The molecule has 5 nitrogen and oxygen atoms in total. The lowest BCUT2D eigenvalue weighted by atomic mass is 10.3. The SMILES string of the molecule is CN(c1ccc(OCCOc2ccc(F)cc2)cc1)S(C)(=O)=O. The molecule has 0 aliphatic carbocycles. The van der Waals surface area contributed by atoms with Crippen LogP contribution >= 0.6 is 0 Å². The smallest absolute Gasteiger partial charge is 0.231 e. The number of hydrogen-bond donors (Lipinski definition) is 0. The van der Waals surface area contributed by atoms with Crippen molar-refractivity contribution in [3.05, 3.63) is 54.3 Å². The molecular formula is C16H18FNO4S. The number of nitrogens with zero attached hydrogens (tertiary/aromatic N) is 1. The molecule has 2 aromatic rings. The predicted octanol–water partition coefficient (Wildman–Crippen LogP) is 2.68. The zero-order chi connectivity index (χ0) is 16.9. The van der Waals surface area contributed by atoms with Crippen LogP contribution in [0.2, 0.25) is 0 Å². The van der Waals surface area contributed by atoms with Gasteiger partial charge in [-0.1, -0.05) is 0 Å². The van der Waals surface area contributed by atoms with Gasteiger partial charge in [0.2, 0.25) is 10.0 Å². The van der Waals surface area contributed by atoms with Crippen molar-refractivity contribution in [2.75, 3.05) is 30.8 Å². The lowest BCUT2D eigenvalue weighted by Gasteiger charge is -2.16. The molecule has 0 radical (unpaired) electrons. The minimum Gasteiger partial charge on any atom is -0.490 e. The molecule has 0 saturated heterocycles. The lowest BCUT2D eigenvalue weighted by molar-refractivity contribution is 0.217. The summed E-state index contributed by atoms with van der Waals surface area (Å²) in [5.41, 5.74) is 0.558. The van der Waals surface area contributed by atoms with Gasteiger partial charge in [0.25, 0.3) is 0 Å². The summed E-state index contributed by atoms with van der Waals surface area (Å²) >= 11 is 0. The Kier molecular flexibility index (Phi) is 5.44. The fourth-order valence-electron chi connectivity index (χ4n) is 1.79. The maximum absolute atomic E-state index is 12.7. The van der Waals surface area contributed by atoms with Gasteiger partial charge in [-0.05, 0) is 48.5 Å². The van der Waals surface area contributed by atoms with Crippen molar-refractivity contribution in [3.63, 3.8) is 0 Å². The molecule has 0 unspecified atom stereocenters. The Morgan fingerprint density at radius 2 is 1.35 bits per heavy atom. The number of hydrogen-bond acceptors (Lipinski definition) is 4. The van der Waals surface area contributed by atoms with Crippen LogP contribution in [0.3, 0.4) is 0 Å². The van der Waals surface area contributed by atoms with Crippen molar-refractivity contribution >= 4 is 15.7 Å². The minimum atomic E-state index is -3.28. The van der Waals surface area contributed by atoms with Gasteiger partial charge in [-0.15, -0.1) is 0 Å². The molecule has 0 heterocycles. The molecule has 2 rings (SSSR count). The van der Waals surface area contributed by atoms with Gasteiger partial charge < -0.3 is 9.47 Å². The third kappa shape index (κ3) is 5.14. The zero-order valence-electron chi connectivity index (χ0n) is 12.9. The van der Waals surface area contributed by atoms with Gasteiger partial charge in [0.05, 0.1) is 11.9 Å². The summed E-state index contributed by atoms with van der Waals surface area (Å²) in [6, 6.07) is 12.5. The number of halogens is 1. The first-order valence-corrected chi connectivity index (χ1v) is 8.76. The third-order valence-electron chi connectivity index (χ3n) is 3.13. The Morgan fingerprint density at radius 1 is 0.913 bits per heavy atom. The van der Waals surface area contributed by atoms with E-state index in [1.165, 1.54) is 23.5 Å². The molecule has 0 aliphatic heterocycles. The first-order valence-electron chi connectivity index (χ1n) is 6.91. The topological polar surface area (TPSA) is 55.8 Å². The number of anilines is 1. The highest BCUT2D eigenvalue weighted by atomic mass is 32.2. The summed E-state index contributed by atoms with van der Waals surface area (Å²) in [7, 11) is -1.79. The number of ether oxygens (including phenoxy) is 2. The van der Waals surface area contributed by atoms with Crippen molar-refractivity contribution in [3.8, 4) is 11.5 Å². The summed E-state index contributed by atoms with van der Waals surface area (Å²) in [6.45, 7) is 0.634.